The number of nitrogens with one attached hydrogen (secondary N) is 1. The van der Waals surface area contributed by atoms with Gasteiger partial charge in [0.15, 0.2) is 5.82 Å². The van der Waals surface area contributed by atoms with Crippen molar-refractivity contribution in [2.75, 3.05) is 18.5 Å². The molecule has 1 aliphatic rings. The molecule has 0 spiro atoms. The molecule has 1 heterocycles. The van der Waals surface area contributed by atoms with Crippen molar-refractivity contribution in [1.82, 2.24) is 0 Å². The van der Waals surface area contributed by atoms with Crippen molar-refractivity contribution in [3.05, 3.63) is 28.0 Å². The van der Waals surface area contributed by atoms with Crippen molar-refractivity contribution in [2.45, 2.75) is 18.9 Å². The minimum Gasteiger partial charge on any atom is -0.382 e. The molecule has 1 aromatic carbocycles. The Morgan fingerprint density at radius 3 is 2.62 bits per heavy atom. The van der Waals surface area contributed by atoms with Gasteiger partial charge in [0, 0.05) is 18.8 Å². The van der Waals surface area contributed by atoms with Crippen molar-refractivity contribution >= 4 is 28.9 Å². The van der Waals surface area contributed by atoms with E-state index in [-0.39, 0.29) is 16.1 Å². The van der Waals surface area contributed by atoms with E-state index in [1.54, 1.807) is 0 Å². The minimum atomic E-state index is -0.578. The van der Waals surface area contributed by atoms with Gasteiger partial charge in [0.25, 0.3) is 0 Å². The highest BCUT2D eigenvalue weighted by Crippen LogP contribution is 2.27. The summed E-state index contributed by atoms with van der Waals surface area (Å²) in [6.07, 6.45) is 2.37. The topological polar surface area (TPSA) is 21.3 Å². The predicted molar refractivity (Wildman–Crippen MR) is 63.9 cm³/mol. The van der Waals surface area contributed by atoms with Gasteiger partial charge in [-0.1, -0.05) is 23.2 Å². The molecule has 0 saturated carbocycles. The molecule has 0 aliphatic carbocycles. The number of ether oxygens (including phenoxy) is 1. The van der Waals surface area contributed by atoms with Gasteiger partial charge in [-0.2, -0.15) is 0 Å². The molecular weight excluding hydrogens is 252 g/mol. The fourth-order valence-electron chi connectivity index (χ4n) is 1.69. The lowest BCUT2D eigenvalue weighted by Gasteiger charge is -2.12. The van der Waals surface area contributed by atoms with Crippen LogP contribution in [0.5, 0.6) is 0 Å². The van der Waals surface area contributed by atoms with E-state index in [9.17, 15) is 4.39 Å². The van der Waals surface area contributed by atoms with Crippen molar-refractivity contribution in [3.8, 4) is 0 Å². The standard InChI is InChI=1S/C11H12Cl2FNO/c12-9-4-7(5-10(13)11(9)14)15-6-8-2-1-3-16-8/h4-5,8,15H,1-3,6H2. The van der Waals surface area contributed by atoms with Crippen molar-refractivity contribution in [3.63, 3.8) is 0 Å². The second kappa shape index (κ2) is 5.21. The van der Waals surface area contributed by atoms with Crippen LogP contribution in [0, 0.1) is 5.82 Å². The third kappa shape index (κ3) is 2.78. The maximum absolute atomic E-state index is 13.1. The zero-order valence-corrected chi connectivity index (χ0v) is 10.1. The van der Waals surface area contributed by atoms with E-state index in [2.05, 4.69) is 5.32 Å². The molecule has 1 aromatic rings. The summed E-state index contributed by atoms with van der Waals surface area (Å²) in [5.74, 6) is -0.578. The molecule has 1 unspecified atom stereocenters. The molecule has 1 atom stereocenters. The van der Waals surface area contributed by atoms with Gasteiger partial charge in [-0.25, -0.2) is 4.39 Å². The van der Waals surface area contributed by atoms with Crippen LogP contribution in [-0.2, 0) is 4.74 Å². The lowest BCUT2D eigenvalue weighted by atomic mass is 10.2. The molecule has 88 valence electrons. The zero-order valence-electron chi connectivity index (χ0n) is 8.60. The van der Waals surface area contributed by atoms with E-state index in [1.165, 1.54) is 12.1 Å². The number of rotatable bonds is 3. The van der Waals surface area contributed by atoms with Gasteiger partial charge in [0.1, 0.15) is 0 Å². The van der Waals surface area contributed by atoms with Gasteiger partial charge in [-0.05, 0) is 25.0 Å². The smallest absolute Gasteiger partial charge is 0.160 e. The van der Waals surface area contributed by atoms with Crippen molar-refractivity contribution in [1.29, 1.82) is 0 Å². The van der Waals surface area contributed by atoms with Crippen LogP contribution in [-0.4, -0.2) is 19.3 Å². The Hall–Kier alpha value is -0.510. The quantitative estimate of drug-likeness (QED) is 0.840. The molecule has 5 heteroatoms. The third-order valence-electron chi connectivity index (χ3n) is 2.54. The Balaban J connectivity index is 1.98. The first kappa shape index (κ1) is 12.0. The molecule has 1 saturated heterocycles. The Labute approximate surface area is 104 Å². The summed E-state index contributed by atoms with van der Waals surface area (Å²) in [5.41, 5.74) is 0.715. The first-order valence-corrected chi connectivity index (χ1v) is 5.92. The highest BCUT2D eigenvalue weighted by atomic mass is 35.5. The first-order chi connectivity index (χ1) is 7.66. The van der Waals surface area contributed by atoms with Crippen LogP contribution in [0.25, 0.3) is 0 Å². The molecule has 0 radical (unpaired) electrons. The average Bonchev–Trinajstić information content (AvgIpc) is 2.75. The summed E-state index contributed by atoms with van der Waals surface area (Å²) in [7, 11) is 0. The van der Waals surface area contributed by atoms with Crippen molar-refractivity contribution in [2.24, 2.45) is 0 Å². The van der Waals surface area contributed by atoms with E-state index >= 15 is 0 Å². The second-order valence-electron chi connectivity index (χ2n) is 3.77. The van der Waals surface area contributed by atoms with Crippen LogP contribution >= 0.6 is 23.2 Å². The minimum absolute atomic E-state index is 0.0299. The molecule has 16 heavy (non-hydrogen) atoms. The Morgan fingerprint density at radius 1 is 1.38 bits per heavy atom. The van der Waals surface area contributed by atoms with E-state index in [0.29, 0.717) is 12.2 Å². The highest BCUT2D eigenvalue weighted by molar-refractivity contribution is 6.35. The summed E-state index contributed by atoms with van der Waals surface area (Å²) >= 11 is 11.4. The zero-order chi connectivity index (χ0) is 11.5. The molecule has 0 amide bonds. The van der Waals surface area contributed by atoms with Gasteiger partial charge in [-0.15, -0.1) is 0 Å². The molecule has 1 fully saturated rings. The maximum Gasteiger partial charge on any atom is 0.160 e. The number of hydrogen-bond acceptors (Lipinski definition) is 2. The van der Waals surface area contributed by atoms with Gasteiger partial charge in [-0.3, -0.25) is 0 Å². The fraction of sp³-hybridized carbons (Fsp3) is 0.455. The molecule has 0 aromatic heterocycles. The van der Waals surface area contributed by atoms with E-state index in [0.717, 1.165) is 19.4 Å². The molecule has 2 rings (SSSR count). The van der Waals surface area contributed by atoms with Crippen LogP contribution in [0.2, 0.25) is 10.0 Å². The van der Waals surface area contributed by atoms with Crippen LogP contribution in [0.1, 0.15) is 12.8 Å². The predicted octanol–water partition coefficient (Wildman–Crippen LogP) is 3.72. The van der Waals surface area contributed by atoms with Gasteiger partial charge in [0.2, 0.25) is 0 Å². The highest BCUT2D eigenvalue weighted by Gasteiger charge is 2.15. The number of hydrogen-bond donors (Lipinski definition) is 1. The lowest BCUT2D eigenvalue weighted by molar-refractivity contribution is 0.120. The van der Waals surface area contributed by atoms with E-state index < -0.39 is 5.82 Å². The van der Waals surface area contributed by atoms with Crippen molar-refractivity contribution < 1.29 is 9.13 Å². The third-order valence-corrected chi connectivity index (χ3v) is 3.09. The molecule has 2 nitrogen and oxygen atoms in total. The summed E-state index contributed by atoms with van der Waals surface area (Å²) < 4.78 is 18.6. The Bertz CT molecular complexity index is 357. The largest absolute Gasteiger partial charge is 0.382 e. The summed E-state index contributed by atoms with van der Waals surface area (Å²) in [6.45, 7) is 1.51. The Kier molecular flexibility index (Phi) is 3.90. The molecular formula is C11H12Cl2FNO. The Morgan fingerprint density at radius 2 is 2.06 bits per heavy atom. The number of halogens is 3. The number of benzene rings is 1. The van der Waals surface area contributed by atoms with Crippen LogP contribution < -0.4 is 5.32 Å². The first-order valence-electron chi connectivity index (χ1n) is 5.17. The summed E-state index contributed by atoms with van der Waals surface area (Å²) in [5, 5.41) is 3.19. The van der Waals surface area contributed by atoms with Crippen LogP contribution in [0.4, 0.5) is 10.1 Å². The van der Waals surface area contributed by atoms with Gasteiger partial charge in [0.05, 0.1) is 16.1 Å². The summed E-state index contributed by atoms with van der Waals surface area (Å²) in [6, 6.07) is 3.05. The summed E-state index contributed by atoms with van der Waals surface area (Å²) in [4.78, 5) is 0. The number of anilines is 1. The molecule has 0 bridgehead atoms. The van der Waals surface area contributed by atoms with Crippen LogP contribution in [0.15, 0.2) is 12.1 Å². The monoisotopic (exact) mass is 263 g/mol. The molecule has 1 N–H and O–H groups in total. The normalized spacial score (nSPS) is 20.1. The van der Waals surface area contributed by atoms with Gasteiger partial charge >= 0.3 is 0 Å². The SMILES string of the molecule is Fc1c(Cl)cc(NCC2CCCO2)cc1Cl. The fourth-order valence-corrected chi connectivity index (χ4v) is 2.18. The molecule has 1 aliphatic heterocycles. The van der Waals surface area contributed by atoms with Crippen LogP contribution in [0.3, 0.4) is 0 Å². The maximum atomic E-state index is 13.1. The lowest BCUT2D eigenvalue weighted by Crippen LogP contribution is -2.18. The van der Waals surface area contributed by atoms with E-state index in [1.807, 2.05) is 0 Å². The van der Waals surface area contributed by atoms with E-state index in [4.69, 9.17) is 27.9 Å². The average molecular weight is 264 g/mol. The second-order valence-corrected chi connectivity index (χ2v) is 4.58. The van der Waals surface area contributed by atoms with Gasteiger partial charge < -0.3 is 10.1 Å².